The second-order valence-corrected chi connectivity index (χ2v) is 4.59. The van der Waals surface area contributed by atoms with E-state index >= 15 is 0 Å². The van der Waals surface area contributed by atoms with E-state index < -0.39 is 0 Å². The first-order chi connectivity index (χ1) is 9.36. The van der Waals surface area contributed by atoms with E-state index in [1.54, 1.807) is 7.11 Å². The number of aromatic amines is 1. The maximum absolute atomic E-state index is 5.39. The topological polar surface area (TPSA) is 37.9 Å². The third kappa shape index (κ3) is 1.41. The van der Waals surface area contributed by atoms with Crippen molar-refractivity contribution in [2.45, 2.75) is 0 Å². The van der Waals surface area contributed by atoms with Crippen LogP contribution in [0.3, 0.4) is 0 Å². The number of hydrogen-bond acceptors (Lipinski definition) is 2. The lowest BCUT2D eigenvalue weighted by atomic mass is 10.1. The van der Waals surface area contributed by atoms with E-state index in [1.165, 1.54) is 0 Å². The quantitative estimate of drug-likeness (QED) is 0.555. The van der Waals surface area contributed by atoms with Crippen LogP contribution in [0.25, 0.3) is 32.8 Å². The number of H-pyrrole nitrogens is 1. The van der Waals surface area contributed by atoms with Crippen LogP contribution in [0.4, 0.5) is 0 Å². The van der Waals surface area contributed by atoms with Gasteiger partial charge in [-0.3, -0.25) is 0 Å². The second kappa shape index (κ2) is 3.72. The highest BCUT2D eigenvalue weighted by molar-refractivity contribution is 6.08. The summed E-state index contributed by atoms with van der Waals surface area (Å²) in [7, 11) is 1.68. The minimum atomic E-state index is 0.810. The SMILES string of the molecule is COc1cccc2cc3[nH]c4ccccc4c3nc12. The van der Waals surface area contributed by atoms with Crippen molar-refractivity contribution < 1.29 is 4.74 Å². The number of methoxy groups -OCH3 is 1. The van der Waals surface area contributed by atoms with Gasteiger partial charge in [0.2, 0.25) is 0 Å². The van der Waals surface area contributed by atoms with Crippen LogP contribution in [0.15, 0.2) is 48.5 Å². The number of aromatic nitrogens is 2. The first-order valence-electron chi connectivity index (χ1n) is 6.21. The summed E-state index contributed by atoms with van der Waals surface area (Å²) in [6.45, 7) is 0. The van der Waals surface area contributed by atoms with E-state index in [9.17, 15) is 0 Å². The van der Waals surface area contributed by atoms with Gasteiger partial charge in [-0.05, 0) is 18.2 Å². The molecule has 0 saturated heterocycles. The molecule has 0 radical (unpaired) electrons. The molecule has 92 valence electrons. The zero-order valence-electron chi connectivity index (χ0n) is 10.5. The van der Waals surface area contributed by atoms with Gasteiger partial charge in [0, 0.05) is 16.3 Å². The van der Waals surface area contributed by atoms with E-state index in [4.69, 9.17) is 9.72 Å². The molecular formula is C16H12N2O. The molecule has 2 aromatic heterocycles. The molecule has 2 heterocycles. The summed E-state index contributed by atoms with van der Waals surface area (Å²) in [4.78, 5) is 8.18. The van der Waals surface area contributed by atoms with Gasteiger partial charge in [-0.25, -0.2) is 4.98 Å². The Kier molecular flexibility index (Phi) is 2.03. The molecule has 0 aliphatic carbocycles. The molecule has 4 aromatic rings. The number of fused-ring (bicyclic) bond motifs is 4. The summed E-state index contributed by atoms with van der Waals surface area (Å²) >= 11 is 0. The smallest absolute Gasteiger partial charge is 0.145 e. The Morgan fingerprint density at radius 1 is 0.947 bits per heavy atom. The van der Waals surface area contributed by atoms with Gasteiger partial charge in [0.1, 0.15) is 11.3 Å². The van der Waals surface area contributed by atoms with Crippen molar-refractivity contribution in [1.29, 1.82) is 0 Å². The van der Waals surface area contributed by atoms with E-state index in [-0.39, 0.29) is 0 Å². The van der Waals surface area contributed by atoms with Crippen molar-refractivity contribution in [3.63, 3.8) is 0 Å². The van der Waals surface area contributed by atoms with Gasteiger partial charge in [0.05, 0.1) is 18.1 Å². The second-order valence-electron chi connectivity index (χ2n) is 4.59. The molecule has 0 amide bonds. The number of nitrogens with zero attached hydrogens (tertiary/aromatic N) is 1. The average molecular weight is 248 g/mol. The Morgan fingerprint density at radius 2 is 1.84 bits per heavy atom. The average Bonchev–Trinajstić information content (AvgIpc) is 2.82. The Morgan fingerprint density at radius 3 is 2.74 bits per heavy atom. The Balaban J connectivity index is 2.22. The molecule has 0 saturated carbocycles. The Labute approximate surface area is 109 Å². The fourth-order valence-corrected chi connectivity index (χ4v) is 2.58. The van der Waals surface area contributed by atoms with Crippen molar-refractivity contribution >= 4 is 32.8 Å². The molecule has 2 aromatic carbocycles. The highest BCUT2D eigenvalue weighted by Gasteiger charge is 2.09. The molecule has 4 rings (SSSR count). The molecule has 0 aliphatic heterocycles. The van der Waals surface area contributed by atoms with Crippen LogP contribution in [-0.4, -0.2) is 17.1 Å². The van der Waals surface area contributed by atoms with Crippen LogP contribution in [0.1, 0.15) is 0 Å². The first-order valence-corrected chi connectivity index (χ1v) is 6.21. The standard InChI is InChI=1S/C16H12N2O/c1-19-14-8-4-5-10-9-13-16(18-15(10)14)11-6-2-3-7-12(11)17-13/h2-9,17H,1H3. The van der Waals surface area contributed by atoms with Gasteiger partial charge in [-0.2, -0.15) is 0 Å². The number of pyridine rings is 1. The molecule has 3 heteroatoms. The van der Waals surface area contributed by atoms with Crippen LogP contribution < -0.4 is 4.74 Å². The van der Waals surface area contributed by atoms with Crippen LogP contribution in [0.5, 0.6) is 5.75 Å². The highest BCUT2D eigenvalue weighted by atomic mass is 16.5. The fraction of sp³-hybridized carbons (Fsp3) is 0.0625. The Hall–Kier alpha value is -2.55. The summed E-state index contributed by atoms with van der Waals surface area (Å²) in [6.07, 6.45) is 0. The summed E-state index contributed by atoms with van der Waals surface area (Å²) in [6, 6.07) is 16.3. The molecular weight excluding hydrogens is 236 g/mol. The summed E-state index contributed by atoms with van der Waals surface area (Å²) in [5, 5.41) is 2.23. The predicted molar refractivity (Wildman–Crippen MR) is 77.7 cm³/mol. The molecule has 0 fully saturated rings. The van der Waals surface area contributed by atoms with Crippen molar-refractivity contribution in [3.8, 4) is 5.75 Å². The summed E-state index contributed by atoms with van der Waals surface area (Å²) in [5.41, 5.74) is 4.07. The van der Waals surface area contributed by atoms with E-state index in [1.807, 2.05) is 24.3 Å². The van der Waals surface area contributed by atoms with Gasteiger partial charge < -0.3 is 9.72 Å². The molecule has 0 atom stereocenters. The maximum atomic E-state index is 5.39. The lowest BCUT2D eigenvalue weighted by molar-refractivity contribution is 0.419. The fourth-order valence-electron chi connectivity index (χ4n) is 2.58. The number of benzene rings is 2. The van der Waals surface area contributed by atoms with Crippen LogP contribution in [0.2, 0.25) is 0 Å². The zero-order chi connectivity index (χ0) is 12.8. The molecule has 0 bridgehead atoms. The molecule has 19 heavy (non-hydrogen) atoms. The summed E-state index contributed by atoms with van der Waals surface area (Å²) < 4.78 is 5.39. The van der Waals surface area contributed by atoms with Crippen molar-refractivity contribution in [2.24, 2.45) is 0 Å². The number of hydrogen-bond donors (Lipinski definition) is 1. The van der Waals surface area contributed by atoms with E-state index in [0.717, 1.165) is 38.6 Å². The van der Waals surface area contributed by atoms with Crippen LogP contribution in [0, 0.1) is 0 Å². The largest absolute Gasteiger partial charge is 0.494 e. The molecule has 3 nitrogen and oxygen atoms in total. The number of para-hydroxylation sites is 2. The van der Waals surface area contributed by atoms with Crippen molar-refractivity contribution in [3.05, 3.63) is 48.5 Å². The van der Waals surface area contributed by atoms with Crippen molar-refractivity contribution in [1.82, 2.24) is 9.97 Å². The van der Waals surface area contributed by atoms with Gasteiger partial charge in [-0.1, -0.05) is 30.3 Å². The third-order valence-electron chi connectivity index (χ3n) is 3.48. The lowest BCUT2D eigenvalue weighted by Crippen LogP contribution is -1.87. The molecule has 0 unspecified atom stereocenters. The van der Waals surface area contributed by atoms with Crippen LogP contribution >= 0.6 is 0 Å². The third-order valence-corrected chi connectivity index (χ3v) is 3.48. The lowest BCUT2D eigenvalue weighted by Gasteiger charge is -2.04. The van der Waals surface area contributed by atoms with Gasteiger partial charge in [0.25, 0.3) is 0 Å². The minimum absolute atomic E-state index is 0.810. The zero-order valence-corrected chi connectivity index (χ0v) is 10.5. The number of ether oxygens (including phenoxy) is 1. The minimum Gasteiger partial charge on any atom is -0.494 e. The van der Waals surface area contributed by atoms with Crippen LogP contribution in [-0.2, 0) is 0 Å². The van der Waals surface area contributed by atoms with Crippen molar-refractivity contribution in [2.75, 3.05) is 7.11 Å². The van der Waals surface area contributed by atoms with E-state index in [0.29, 0.717) is 0 Å². The molecule has 0 spiro atoms. The highest BCUT2D eigenvalue weighted by Crippen LogP contribution is 2.30. The normalized spacial score (nSPS) is 11.4. The van der Waals surface area contributed by atoms with E-state index in [2.05, 4.69) is 29.2 Å². The first kappa shape index (κ1) is 10.4. The number of nitrogens with one attached hydrogen (secondary N) is 1. The molecule has 0 aliphatic rings. The number of rotatable bonds is 1. The van der Waals surface area contributed by atoms with Gasteiger partial charge in [-0.15, -0.1) is 0 Å². The monoisotopic (exact) mass is 248 g/mol. The van der Waals surface area contributed by atoms with Gasteiger partial charge in [0.15, 0.2) is 0 Å². The Bertz CT molecular complexity index is 908. The van der Waals surface area contributed by atoms with Gasteiger partial charge >= 0.3 is 0 Å². The molecule has 1 N–H and O–H groups in total. The summed E-state index contributed by atoms with van der Waals surface area (Å²) in [5.74, 6) is 0.810. The predicted octanol–water partition coefficient (Wildman–Crippen LogP) is 3.88. The maximum Gasteiger partial charge on any atom is 0.145 e.